The largest absolute Gasteiger partial charge is 0.468 e. The average Bonchev–Trinajstić information content (AvgIpc) is 3.07. The van der Waals surface area contributed by atoms with Gasteiger partial charge in [-0.2, -0.15) is 5.10 Å². The molecule has 0 aromatic heterocycles. The molecule has 1 aliphatic heterocycles. The van der Waals surface area contributed by atoms with Crippen LogP contribution in [0.4, 0.5) is 27.6 Å². The normalized spacial score (nSPS) is 19.5. The van der Waals surface area contributed by atoms with E-state index in [1.165, 1.54) is 6.92 Å². The summed E-state index contributed by atoms with van der Waals surface area (Å²) in [5.74, 6) is -8.19. The number of hydrazone groups is 1. The van der Waals surface area contributed by atoms with E-state index in [0.717, 1.165) is 24.3 Å². The number of rotatable bonds is 8. The lowest BCUT2D eigenvalue weighted by Gasteiger charge is -2.37. The van der Waals surface area contributed by atoms with Gasteiger partial charge in [0.15, 0.2) is 5.82 Å². The standard InChI is InChI=1S/C24H24F5N3O3/c1-4-5-6-15-22(21-17(28)10-14(26)11-18(21)29)31-32(19-8-7-13(25)9-16(19)27)24(15,2)23(34)30-12-20(33)35-3/h7-11,15H,4-6,12H2,1-3H3,(H,30,34). The highest BCUT2D eigenvalue weighted by atomic mass is 19.2. The molecule has 2 atom stereocenters. The second kappa shape index (κ2) is 10.4. The van der Waals surface area contributed by atoms with Gasteiger partial charge in [-0.05, 0) is 25.5 Å². The molecule has 0 spiro atoms. The van der Waals surface area contributed by atoms with Crippen LogP contribution in [-0.4, -0.2) is 36.8 Å². The lowest BCUT2D eigenvalue weighted by molar-refractivity contribution is -0.141. The molecule has 11 heteroatoms. The molecule has 35 heavy (non-hydrogen) atoms. The molecular formula is C24H24F5N3O3. The number of anilines is 1. The molecule has 188 valence electrons. The van der Waals surface area contributed by atoms with Crippen LogP contribution in [0.25, 0.3) is 0 Å². The van der Waals surface area contributed by atoms with Gasteiger partial charge in [-0.25, -0.2) is 27.0 Å². The van der Waals surface area contributed by atoms with E-state index < -0.39 is 64.5 Å². The number of unbranched alkanes of at least 4 members (excludes halogenated alkanes) is 1. The molecule has 0 radical (unpaired) electrons. The van der Waals surface area contributed by atoms with Gasteiger partial charge in [0.05, 0.1) is 24.1 Å². The van der Waals surface area contributed by atoms with Gasteiger partial charge < -0.3 is 10.1 Å². The van der Waals surface area contributed by atoms with Crippen molar-refractivity contribution in [2.45, 2.75) is 38.6 Å². The van der Waals surface area contributed by atoms with Crippen LogP contribution in [0.2, 0.25) is 0 Å². The van der Waals surface area contributed by atoms with Gasteiger partial charge in [-0.1, -0.05) is 19.8 Å². The first-order chi connectivity index (χ1) is 16.5. The zero-order valence-electron chi connectivity index (χ0n) is 19.3. The Labute approximate surface area is 198 Å². The van der Waals surface area contributed by atoms with E-state index >= 15 is 0 Å². The summed E-state index contributed by atoms with van der Waals surface area (Å²) in [7, 11) is 1.12. The van der Waals surface area contributed by atoms with Crippen LogP contribution in [0, 0.1) is 35.0 Å². The fraction of sp³-hybridized carbons (Fsp3) is 0.375. The van der Waals surface area contributed by atoms with Gasteiger partial charge in [-0.3, -0.25) is 9.59 Å². The van der Waals surface area contributed by atoms with E-state index in [2.05, 4.69) is 15.2 Å². The second-order valence-electron chi connectivity index (χ2n) is 8.24. The van der Waals surface area contributed by atoms with E-state index in [0.29, 0.717) is 31.0 Å². The van der Waals surface area contributed by atoms with Crippen LogP contribution in [0.1, 0.15) is 38.7 Å². The molecular weight excluding hydrogens is 473 g/mol. The summed E-state index contributed by atoms with van der Waals surface area (Å²) in [6.45, 7) is 2.70. The SMILES string of the molecule is CCCCC1C(c2c(F)cc(F)cc2F)=NN(c2ccc(F)cc2F)C1(C)C(=O)NCC(=O)OC. The summed E-state index contributed by atoms with van der Waals surface area (Å²) in [6, 6.07) is 3.52. The third-order valence-electron chi connectivity index (χ3n) is 5.98. The highest BCUT2D eigenvalue weighted by molar-refractivity contribution is 6.11. The zero-order chi connectivity index (χ0) is 25.9. The van der Waals surface area contributed by atoms with Crippen LogP contribution in [0.3, 0.4) is 0 Å². The van der Waals surface area contributed by atoms with E-state index in [1.807, 2.05) is 6.92 Å². The number of carbonyl (C=O) groups excluding carboxylic acids is 2. The minimum absolute atomic E-state index is 0.188. The molecule has 0 aliphatic carbocycles. The number of amides is 1. The minimum Gasteiger partial charge on any atom is -0.468 e. The van der Waals surface area contributed by atoms with Crippen LogP contribution in [0.5, 0.6) is 0 Å². The number of esters is 1. The summed E-state index contributed by atoms with van der Waals surface area (Å²) >= 11 is 0. The molecule has 0 saturated heterocycles. The van der Waals surface area contributed by atoms with E-state index in [4.69, 9.17) is 0 Å². The first-order valence-electron chi connectivity index (χ1n) is 10.9. The van der Waals surface area contributed by atoms with Crippen molar-refractivity contribution in [2.24, 2.45) is 11.0 Å². The Balaban J connectivity index is 2.23. The molecule has 0 fully saturated rings. The number of benzene rings is 2. The van der Waals surface area contributed by atoms with Gasteiger partial charge in [0.1, 0.15) is 35.4 Å². The summed E-state index contributed by atoms with van der Waals surface area (Å²) in [4.78, 5) is 25.1. The van der Waals surface area contributed by atoms with Gasteiger partial charge in [0.2, 0.25) is 5.91 Å². The molecule has 1 heterocycles. The number of hydrogen-bond acceptors (Lipinski definition) is 5. The van der Waals surface area contributed by atoms with Gasteiger partial charge in [-0.15, -0.1) is 0 Å². The van der Waals surface area contributed by atoms with Crippen molar-refractivity contribution in [1.82, 2.24) is 5.32 Å². The van der Waals surface area contributed by atoms with E-state index in [-0.39, 0.29) is 17.8 Å². The fourth-order valence-corrected chi connectivity index (χ4v) is 4.15. The second-order valence-corrected chi connectivity index (χ2v) is 8.24. The van der Waals surface area contributed by atoms with Crippen molar-refractivity contribution in [2.75, 3.05) is 18.7 Å². The Bertz CT molecular complexity index is 1150. The lowest BCUT2D eigenvalue weighted by Crippen LogP contribution is -2.58. The van der Waals surface area contributed by atoms with Crippen LogP contribution in [-0.2, 0) is 14.3 Å². The Kier molecular flexibility index (Phi) is 7.76. The van der Waals surface area contributed by atoms with Crippen molar-refractivity contribution in [1.29, 1.82) is 0 Å². The van der Waals surface area contributed by atoms with Crippen LogP contribution >= 0.6 is 0 Å². The predicted molar refractivity (Wildman–Crippen MR) is 118 cm³/mol. The summed E-state index contributed by atoms with van der Waals surface area (Å²) in [5.41, 5.74) is -3.04. The van der Waals surface area contributed by atoms with Gasteiger partial charge >= 0.3 is 5.97 Å². The minimum atomic E-state index is -1.80. The van der Waals surface area contributed by atoms with Crippen molar-refractivity contribution in [3.05, 3.63) is 65.0 Å². The number of nitrogens with zero attached hydrogens (tertiary/aromatic N) is 2. The number of ether oxygens (including phenoxy) is 1. The first kappa shape index (κ1) is 26.1. The molecule has 0 bridgehead atoms. The monoisotopic (exact) mass is 497 g/mol. The predicted octanol–water partition coefficient (Wildman–Crippen LogP) is 4.46. The number of halogens is 5. The first-order valence-corrected chi connectivity index (χ1v) is 10.9. The maximum atomic E-state index is 14.8. The molecule has 1 aliphatic rings. The van der Waals surface area contributed by atoms with E-state index in [1.54, 1.807) is 0 Å². The topological polar surface area (TPSA) is 71.0 Å². The van der Waals surface area contributed by atoms with Crippen molar-refractivity contribution in [3.63, 3.8) is 0 Å². The number of hydrogen-bond donors (Lipinski definition) is 1. The molecule has 6 nitrogen and oxygen atoms in total. The van der Waals surface area contributed by atoms with Gasteiger partial charge in [0.25, 0.3) is 0 Å². The molecule has 2 aromatic rings. The summed E-state index contributed by atoms with van der Waals surface area (Å²) in [5, 5.41) is 7.55. The molecule has 2 aromatic carbocycles. The quantitative estimate of drug-likeness (QED) is 0.432. The highest BCUT2D eigenvalue weighted by Crippen LogP contribution is 2.43. The number of carbonyl (C=O) groups is 2. The fourth-order valence-electron chi connectivity index (χ4n) is 4.15. The van der Waals surface area contributed by atoms with Gasteiger partial charge in [0, 0.05) is 24.1 Å². The molecule has 2 unspecified atom stereocenters. The maximum absolute atomic E-state index is 14.8. The molecule has 0 saturated carbocycles. The Morgan fingerprint density at radius 3 is 2.26 bits per heavy atom. The average molecular weight is 497 g/mol. The lowest BCUT2D eigenvalue weighted by atomic mass is 9.76. The third-order valence-corrected chi connectivity index (χ3v) is 5.98. The summed E-state index contributed by atoms with van der Waals surface area (Å²) < 4.78 is 76.2. The third kappa shape index (κ3) is 4.98. The van der Waals surface area contributed by atoms with E-state index in [9.17, 15) is 31.5 Å². The molecule has 1 amide bonds. The smallest absolute Gasteiger partial charge is 0.325 e. The van der Waals surface area contributed by atoms with Crippen LogP contribution < -0.4 is 10.3 Å². The van der Waals surface area contributed by atoms with Crippen molar-refractivity contribution in [3.8, 4) is 0 Å². The Hall–Kier alpha value is -3.50. The van der Waals surface area contributed by atoms with Crippen molar-refractivity contribution >= 4 is 23.3 Å². The van der Waals surface area contributed by atoms with Crippen molar-refractivity contribution < 1.29 is 36.3 Å². The zero-order valence-corrected chi connectivity index (χ0v) is 19.3. The summed E-state index contributed by atoms with van der Waals surface area (Å²) in [6.07, 6.45) is 1.32. The number of methoxy groups -OCH3 is 1. The Morgan fingerprint density at radius 1 is 1.06 bits per heavy atom. The van der Waals surface area contributed by atoms with Crippen LogP contribution in [0.15, 0.2) is 35.4 Å². The Morgan fingerprint density at radius 2 is 1.69 bits per heavy atom. The maximum Gasteiger partial charge on any atom is 0.325 e. The number of nitrogens with one attached hydrogen (secondary N) is 1. The highest BCUT2D eigenvalue weighted by Gasteiger charge is 2.55. The molecule has 3 rings (SSSR count). The molecule has 1 N–H and O–H groups in total.